The lowest BCUT2D eigenvalue weighted by Gasteiger charge is -2.22. The monoisotopic (exact) mass is 539 g/mol. The molecule has 2 rings (SSSR count). The van der Waals surface area contributed by atoms with Crippen LogP contribution < -0.4 is 11.2 Å². The van der Waals surface area contributed by atoms with E-state index in [0.717, 1.165) is 4.57 Å². The van der Waals surface area contributed by atoms with Gasteiger partial charge in [0.1, 0.15) is 6.23 Å². The van der Waals surface area contributed by atoms with E-state index in [9.17, 15) is 23.6 Å². The van der Waals surface area contributed by atoms with Crippen LogP contribution in [0.1, 0.15) is 18.2 Å². The SMILES string of the molecule is Cc1cn([C@H]2CC(N=[N+]=[N-])C(COP(=S)(S)OP(=O)(O)OP(=O)(O)O)O2)c(=O)[nH]c1=O. The number of aromatic amines is 1. The second-order valence-corrected chi connectivity index (χ2v) is 14.3. The Bertz CT molecular complexity index is 1140. The Labute approximate surface area is 183 Å². The van der Waals surface area contributed by atoms with E-state index in [4.69, 9.17) is 36.4 Å². The third-order valence-electron chi connectivity index (χ3n) is 3.68. The lowest BCUT2D eigenvalue weighted by Crippen LogP contribution is -2.33. The van der Waals surface area contributed by atoms with Crippen molar-refractivity contribution in [2.45, 2.75) is 31.7 Å². The van der Waals surface area contributed by atoms with Crippen LogP contribution in [0.25, 0.3) is 10.4 Å². The molecule has 16 nitrogen and oxygen atoms in total. The van der Waals surface area contributed by atoms with E-state index in [1.807, 2.05) is 0 Å². The maximum absolute atomic E-state index is 12.1. The van der Waals surface area contributed by atoms with E-state index >= 15 is 0 Å². The van der Waals surface area contributed by atoms with E-state index in [0.29, 0.717) is 0 Å². The van der Waals surface area contributed by atoms with Crippen molar-refractivity contribution < 1.29 is 41.7 Å². The van der Waals surface area contributed by atoms with E-state index in [2.05, 4.69) is 35.9 Å². The summed E-state index contributed by atoms with van der Waals surface area (Å²) in [5.74, 6) is 0. The molecule has 0 saturated carbocycles. The molecule has 21 heteroatoms. The standard InChI is InChI=1S/C10H16N5O11P3S2/c1-5-3-15(10(17)12-9(5)16)8-2-6(13-14-11)7(24-8)4-23-29(30,31)26-28(21,22)25-27(18,19)20/h3,6-8H,2,4H2,1H3,(H,21,22)(H,30,31)(H,12,16,17)(H2,18,19,20)/t6?,7?,8-/m1/s1. The number of hydrogen-bond donors (Lipinski definition) is 5. The number of H-pyrrole nitrogens is 1. The Morgan fingerprint density at radius 1 is 1.42 bits per heavy atom. The number of nitrogens with zero attached hydrogens (tertiary/aromatic N) is 4. The van der Waals surface area contributed by atoms with Crippen molar-refractivity contribution in [1.82, 2.24) is 9.55 Å². The molecule has 0 bridgehead atoms. The summed E-state index contributed by atoms with van der Waals surface area (Å²) in [6, 6.07) is -0.871. The minimum atomic E-state index is -5.38. The van der Waals surface area contributed by atoms with Crippen LogP contribution in [0.4, 0.5) is 0 Å². The topological polar surface area (TPSA) is 235 Å². The first-order valence-electron chi connectivity index (χ1n) is 7.92. The molecular formula is C10H16N5O11P3S2. The van der Waals surface area contributed by atoms with E-state index in [1.54, 1.807) is 0 Å². The smallest absolute Gasteiger partial charge is 0.352 e. The fourth-order valence-electron chi connectivity index (χ4n) is 2.49. The Morgan fingerprint density at radius 3 is 2.65 bits per heavy atom. The van der Waals surface area contributed by atoms with Gasteiger partial charge in [0.25, 0.3) is 11.3 Å². The van der Waals surface area contributed by atoms with Crippen molar-refractivity contribution in [3.8, 4) is 0 Å². The summed E-state index contributed by atoms with van der Waals surface area (Å²) in [4.78, 5) is 55.0. The zero-order chi connectivity index (χ0) is 23.6. The molecule has 4 unspecified atom stereocenters. The highest BCUT2D eigenvalue weighted by atomic mass is 32.9. The minimum absolute atomic E-state index is 0.0135. The van der Waals surface area contributed by atoms with Crippen LogP contribution in [-0.2, 0) is 38.8 Å². The quantitative estimate of drug-likeness (QED) is 0.0979. The first kappa shape index (κ1) is 26.4. The summed E-state index contributed by atoms with van der Waals surface area (Å²) in [6.07, 6.45) is -0.693. The number of aromatic nitrogens is 2. The summed E-state index contributed by atoms with van der Waals surface area (Å²) >= 11 is 8.59. The van der Waals surface area contributed by atoms with Crippen molar-refractivity contribution in [1.29, 1.82) is 0 Å². The van der Waals surface area contributed by atoms with Gasteiger partial charge in [-0.2, -0.15) is 4.31 Å². The predicted molar refractivity (Wildman–Crippen MR) is 111 cm³/mol. The molecule has 31 heavy (non-hydrogen) atoms. The van der Waals surface area contributed by atoms with Crippen LogP contribution in [0.3, 0.4) is 0 Å². The number of rotatable bonds is 9. The van der Waals surface area contributed by atoms with E-state index < -0.39 is 57.6 Å². The molecule has 1 fully saturated rings. The van der Waals surface area contributed by atoms with Gasteiger partial charge in [0.2, 0.25) is 0 Å². The van der Waals surface area contributed by atoms with Crippen LogP contribution in [0.2, 0.25) is 0 Å². The summed E-state index contributed by atoms with van der Waals surface area (Å²) in [6.45, 7) is 0.977. The fraction of sp³-hybridized carbons (Fsp3) is 0.600. The van der Waals surface area contributed by atoms with Crippen LogP contribution in [0.15, 0.2) is 20.9 Å². The zero-order valence-corrected chi connectivity index (χ0v) is 19.7. The van der Waals surface area contributed by atoms with Gasteiger partial charge < -0.3 is 23.9 Å². The van der Waals surface area contributed by atoms with Gasteiger partial charge in [-0.1, -0.05) is 17.4 Å². The molecule has 1 aromatic heterocycles. The molecular weight excluding hydrogens is 523 g/mol. The molecule has 5 atom stereocenters. The molecule has 1 aromatic rings. The highest BCUT2D eigenvalue weighted by Crippen LogP contribution is 2.69. The van der Waals surface area contributed by atoms with Gasteiger partial charge in [-0.25, -0.2) is 18.2 Å². The molecule has 174 valence electrons. The molecule has 0 aromatic carbocycles. The molecule has 0 aliphatic carbocycles. The van der Waals surface area contributed by atoms with Crippen LogP contribution in [0.5, 0.6) is 0 Å². The number of thiol groups is 1. The van der Waals surface area contributed by atoms with Crippen molar-refractivity contribution in [3.05, 3.63) is 43.0 Å². The predicted octanol–water partition coefficient (Wildman–Crippen LogP) is 1.21. The van der Waals surface area contributed by atoms with Gasteiger partial charge in [-0.3, -0.25) is 14.3 Å². The number of nitrogens with one attached hydrogen (secondary N) is 1. The van der Waals surface area contributed by atoms with Gasteiger partial charge in [-0.05, 0) is 24.3 Å². The van der Waals surface area contributed by atoms with Crippen LogP contribution >= 0.6 is 33.6 Å². The molecule has 0 radical (unpaired) electrons. The lowest BCUT2D eigenvalue weighted by atomic mass is 10.1. The molecule has 4 N–H and O–H groups in total. The van der Waals surface area contributed by atoms with Gasteiger partial charge >= 0.3 is 21.3 Å². The highest BCUT2D eigenvalue weighted by molar-refractivity contribution is 8.60. The van der Waals surface area contributed by atoms with Crippen molar-refractivity contribution in [3.63, 3.8) is 0 Å². The van der Waals surface area contributed by atoms with Gasteiger partial charge in [0, 0.05) is 23.1 Å². The third kappa shape index (κ3) is 7.91. The Morgan fingerprint density at radius 2 is 2.06 bits per heavy atom. The van der Waals surface area contributed by atoms with Crippen LogP contribution in [0, 0.1) is 6.92 Å². The largest absolute Gasteiger partial charge is 0.487 e. The molecule has 0 amide bonds. The Hall–Kier alpha value is -0.830. The number of hydrogen-bond acceptors (Lipinski definition) is 10. The molecule has 1 aliphatic rings. The number of aryl methyl sites for hydroxylation is 1. The summed E-state index contributed by atoms with van der Waals surface area (Å²) in [5, 5.41) is 3.54. The van der Waals surface area contributed by atoms with E-state index in [-0.39, 0.29) is 12.0 Å². The molecule has 1 aliphatic heterocycles. The van der Waals surface area contributed by atoms with Crippen molar-refractivity contribution >= 4 is 45.4 Å². The van der Waals surface area contributed by atoms with Crippen molar-refractivity contribution in [2.75, 3.05) is 6.61 Å². The lowest BCUT2D eigenvalue weighted by molar-refractivity contribution is -0.0217. The maximum Gasteiger partial charge on any atom is 0.487 e. The zero-order valence-electron chi connectivity index (χ0n) is 15.3. The maximum atomic E-state index is 12.1. The number of phosphoric acid groups is 2. The average molecular weight is 539 g/mol. The Balaban J connectivity index is 2.14. The molecule has 0 spiro atoms. The second kappa shape index (κ2) is 9.98. The minimum Gasteiger partial charge on any atom is -0.352 e. The molecule has 1 saturated heterocycles. The summed E-state index contributed by atoms with van der Waals surface area (Å²) in [5.41, 5.74) is 3.74. The highest BCUT2D eigenvalue weighted by Gasteiger charge is 2.40. The van der Waals surface area contributed by atoms with Gasteiger partial charge in [0.15, 0.2) is 0 Å². The number of azide groups is 1. The fourth-order valence-corrected chi connectivity index (χ4v) is 7.50. The summed E-state index contributed by atoms with van der Waals surface area (Å²) < 4.78 is 42.3. The Kier molecular flexibility index (Phi) is 8.50. The van der Waals surface area contributed by atoms with E-state index in [1.165, 1.54) is 13.1 Å². The second-order valence-electron chi connectivity index (χ2n) is 6.00. The summed E-state index contributed by atoms with van der Waals surface area (Å²) in [7, 11) is -10.7. The number of ether oxygens (including phenoxy) is 1. The van der Waals surface area contributed by atoms with Gasteiger partial charge in [0.05, 0.1) is 18.8 Å². The molecule has 2 heterocycles. The van der Waals surface area contributed by atoms with Gasteiger partial charge in [-0.15, -0.1) is 0 Å². The normalized spacial score (nSPS) is 25.4. The first-order chi connectivity index (χ1) is 14.1. The van der Waals surface area contributed by atoms with Crippen molar-refractivity contribution in [2.24, 2.45) is 5.11 Å². The first-order valence-corrected chi connectivity index (χ1v) is 14.7. The average Bonchev–Trinajstić information content (AvgIpc) is 2.96. The van der Waals surface area contributed by atoms with Crippen LogP contribution in [-0.4, -0.2) is 43.0 Å². The third-order valence-corrected chi connectivity index (χ3v) is 9.40.